The van der Waals surface area contributed by atoms with Crippen LogP contribution in [0, 0.1) is 5.92 Å². The molecule has 17 heavy (non-hydrogen) atoms. The van der Waals surface area contributed by atoms with E-state index in [1.54, 1.807) is 0 Å². The van der Waals surface area contributed by atoms with Crippen molar-refractivity contribution in [1.29, 1.82) is 0 Å². The predicted octanol–water partition coefficient (Wildman–Crippen LogP) is 3.28. The van der Waals surface area contributed by atoms with Gasteiger partial charge in [0.2, 0.25) is 0 Å². The van der Waals surface area contributed by atoms with Gasteiger partial charge in [0, 0.05) is 18.7 Å². The predicted molar refractivity (Wildman–Crippen MR) is 60.8 cm³/mol. The smallest absolute Gasteiger partial charge is 0.327 e. The summed E-state index contributed by atoms with van der Waals surface area (Å²) in [5, 5.41) is 0.0101. The molecule has 0 saturated heterocycles. The normalized spacial score (nSPS) is 14.1. The van der Waals surface area contributed by atoms with Gasteiger partial charge in [-0.2, -0.15) is 13.2 Å². The van der Waals surface area contributed by atoms with Gasteiger partial charge in [0.05, 0.1) is 16.3 Å². The fourth-order valence-corrected chi connectivity index (χ4v) is 1.47. The topological polar surface area (TPSA) is 38.9 Å². The van der Waals surface area contributed by atoms with Crippen molar-refractivity contribution >= 4 is 11.6 Å². The largest absolute Gasteiger partial charge is 0.417 e. The van der Waals surface area contributed by atoms with Gasteiger partial charge in [-0.15, -0.1) is 0 Å². The molecule has 0 spiro atoms. The van der Waals surface area contributed by atoms with Crippen LogP contribution in [0.3, 0.4) is 0 Å². The van der Waals surface area contributed by atoms with E-state index in [2.05, 4.69) is 4.98 Å². The Kier molecular flexibility index (Phi) is 4.38. The first-order valence-corrected chi connectivity index (χ1v) is 5.56. The minimum atomic E-state index is -4.42. The number of pyridine rings is 1. The first kappa shape index (κ1) is 14.3. The van der Waals surface area contributed by atoms with E-state index in [0.29, 0.717) is 12.1 Å². The van der Waals surface area contributed by atoms with Crippen molar-refractivity contribution in [2.45, 2.75) is 32.5 Å². The molecule has 1 heterocycles. The quantitative estimate of drug-likeness (QED) is 0.912. The SMILES string of the molecule is CC(C)C(N)Cc1ncc(C(F)(F)F)cc1Cl. The summed E-state index contributed by atoms with van der Waals surface area (Å²) in [6.07, 6.45) is -3.27. The van der Waals surface area contributed by atoms with Gasteiger partial charge in [-0.05, 0) is 12.0 Å². The molecule has 0 aliphatic carbocycles. The van der Waals surface area contributed by atoms with Gasteiger partial charge < -0.3 is 5.73 Å². The summed E-state index contributed by atoms with van der Waals surface area (Å²) in [4.78, 5) is 3.74. The lowest BCUT2D eigenvalue weighted by Gasteiger charge is -2.16. The lowest BCUT2D eigenvalue weighted by Crippen LogP contribution is -2.29. The van der Waals surface area contributed by atoms with Gasteiger partial charge in [-0.25, -0.2) is 0 Å². The van der Waals surface area contributed by atoms with Gasteiger partial charge in [-0.1, -0.05) is 25.4 Å². The molecule has 0 amide bonds. The summed E-state index contributed by atoms with van der Waals surface area (Å²) < 4.78 is 37.1. The zero-order valence-electron chi connectivity index (χ0n) is 9.55. The Balaban J connectivity index is 2.91. The highest BCUT2D eigenvalue weighted by Gasteiger charge is 2.31. The van der Waals surface area contributed by atoms with Gasteiger partial charge in [-0.3, -0.25) is 4.98 Å². The first-order chi connectivity index (χ1) is 7.71. The van der Waals surface area contributed by atoms with E-state index in [1.807, 2.05) is 13.8 Å². The Morgan fingerprint density at radius 3 is 2.41 bits per heavy atom. The van der Waals surface area contributed by atoms with Crippen LogP contribution < -0.4 is 5.73 Å². The molecule has 0 saturated carbocycles. The van der Waals surface area contributed by atoms with Crippen molar-refractivity contribution in [3.05, 3.63) is 28.5 Å². The Labute approximate surface area is 103 Å². The molecule has 0 fully saturated rings. The fraction of sp³-hybridized carbons (Fsp3) is 0.545. The maximum atomic E-state index is 12.4. The lowest BCUT2D eigenvalue weighted by atomic mass is 10.00. The second kappa shape index (κ2) is 5.23. The first-order valence-electron chi connectivity index (χ1n) is 5.19. The number of hydrogen-bond donors (Lipinski definition) is 1. The van der Waals surface area contributed by atoms with Crippen LogP contribution in [0.25, 0.3) is 0 Å². The number of rotatable bonds is 3. The van der Waals surface area contributed by atoms with Crippen LogP contribution in [-0.2, 0) is 12.6 Å². The Hall–Kier alpha value is -0.810. The van der Waals surface area contributed by atoms with Gasteiger partial charge in [0.25, 0.3) is 0 Å². The average Bonchev–Trinajstić information content (AvgIpc) is 2.19. The molecule has 0 aromatic carbocycles. The second-order valence-corrected chi connectivity index (χ2v) is 4.67. The van der Waals surface area contributed by atoms with Crippen molar-refractivity contribution in [2.75, 3.05) is 0 Å². The molecule has 96 valence electrons. The molecule has 1 rings (SSSR count). The van der Waals surface area contributed by atoms with E-state index in [0.717, 1.165) is 12.3 Å². The van der Waals surface area contributed by atoms with E-state index < -0.39 is 11.7 Å². The van der Waals surface area contributed by atoms with Crippen LogP contribution in [0.1, 0.15) is 25.1 Å². The van der Waals surface area contributed by atoms with E-state index in [1.165, 1.54) is 0 Å². The van der Waals surface area contributed by atoms with Crippen molar-refractivity contribution < 1.29 is 13.2 Å². The number of aromatic nitrogens is 1. The molecular weight excluding hydrogens is 253 g/mol. The summed E-state index contributed by atoms with van der Waals surface area (Å²) in [6, 6.07) is 0.716. The molecule has 1 unspecified atom stereocenters. The Bertz CT molecular complexity index is 391. The van der Waals surface area contributed by atoms with Crippen LogP contribution in [0.5, 0.6) is 0 Å². The lowest BCUT2D eigenvalue weighted by molar-refractivity contribution is -0.137. The van der Waals surface area contributed by atoms with Crippen LogP contribution in [0.15, 0.2) is 12.3 Å². The Morgan fingerprint density at radius 2 is 2.00 bits per heavy atom. The maximum absolute atomic E-state index is 12.4. The molecule has 2 nitrogen and oxygen atoms in total. The van der Waals surface area contributed by atoms with Crippen molar-refractivity contribution in [1.82, 2.24) is 4.98 Å². The molecular formula is C11H14ClF3N2. The van der Waals surface area contributed by atoms with E-state index in [4.69, 9.17) is 17.3 Å². The molecule has 1 atom stereocenters. The highest BCUT2D eigenvalue weighted by atomic mass is 35.5. The molecule has 0 bridgehead atoms. The number of hydrogen-bond acceptors (Lipinski definition) is 2. The summed E-state index contributed by atoms with van der Waals surface area (Å²) in [7, 11) is 0. The number of alkyl halides is 3. The average molecular weight is 267 g/mol. The summed E-state index contributed by atoms with van der Waals surface area (Å²) in [5.41, 5.74) is 5.38. The number of nitrogens with two attached hydrogens (primary N) is 1. The third kappa shape index (κ3) is 3.85. The number of nitrogens with zero attached hydrogens (tertiary/aromatic N) is 1. The van der Waals surface area contributed by atoms with E-state index in [9.17, 15) is 13.2 Å². The highest BCUT2D eigenvalue weighted by molar-refractivity contribution is 6.31. The van der Waals surface area contributed by atoms with Gasteiger partial charge in [0.15, 0.2) is 0 Å². The molecule has 0 aliphatic rings. The third-order valence-electron chi connectivity index (χ3n) is 2.53. The standard InChI is InChI=1S/C11H14ClF3N2/c1-6(2)9(16)4-10-8(12)3-7(5-17-10)11(13,14)15/h3,5-6,9H,4,16H2,1-2H3. The van der Waals surface area contributed by atoms with Crippen LogP contribution in [0.4, 0.5) is 13.2 Å². The molecule has 6 heteroatoms. The third-order valence-corrected chi connectivity index (χ3v) is 2.86. The molecule has 0 radical (unpaired) electrons. The van der Waals surface area contributed by atoms with Crippen molar-refractivity contribution in [3.8, 4) is 0 Å². The van der Waals surface area contributed by atoms with Crippen molar-refractivity contribution in [2.24, 2.45) is 11.7 Å². The minimum Gasteiger partial charge on any atom is -0.327 e. The second-order valence-electron chi connectivity index (χ2n) is 4.26. The van der Waals surface area contributed by atoms with Crippen molar-refractivity contribution in [3.63, 3.8) is 0 Å². The van der Waals surface area contributed by atoms with Gasteiger partial charge >= 0.3 is 6.18 Å². The van der Waals surface area contributed by atoms with Crippen LogP contribution in [-0.4, -0.2) is 11.0 Å². The van der Waals surface area contributed by atoms with E-state index >= 15 is 0 Å². The molecule has 2 N–H and O–H groups in total. The highest BCUT2D eigenvalue weighted by Crippen LogP contribution is 2.31. The monoisotopic (exact) mass is 266 g/mol. The number of halogens is 4. The Morgan fingerprint density at radius 1 is 1.41 bits per heavy atom. The molecule has 1 aromatic heterocycles. The summed E-state index contributed by atoms with van der Waals surface area (Å²) in [6.45, 7) is 3.87. The zero-order valence-corrected chi connectivity index (χ0v) is 10.3. The summed E-state index contributed by atoms with van der Waals surface area (Å²) >= 11 is 5.77. The van der Waals surface area contributed by atoms with Gasteiger partial charge in [0.1, 0.15) is 0 Å². The minimum absolute atomic E-state index is 0.0101. The molecule has 1 aromatic rings. The van der Waals surface area contributed by atoms with Crippen LogP contribution in [0.2, 0.25) is 5.02 Å². The molecule has 0 aliphatic heterocycles. The summed E-state index contributed by atoms with van der Waals surface area (Å²) in [5.74, 6) is 0.218. The zero-order chi connectivity index (χ0) is 13.2. The van der Waals surface area contributed by atoms with E-state index in [-0.39, 0.29) is 17.0 Å². The fourth-order valence-electron chi connectivity index (χ4n) is 1.23. The van der Waals surface area contributed by atoms with Crippen LogP contribution >= 0.6 is 11.6 Å². The maximum Gasteiger partial charge on any atom is 0.417 e.